The van der Waals surface area contributed by atoms with Crippen molar-refractivity contribution >= 4 is 27.3 Å². The van der Waals surface area contributed by atoms with Gasteiger partial charge >= 0.3 is 0 Å². The normalized spacial score (nSPS) is 13.1. The fourth-order valence-corrected chi connectivity index (χ4v) is 2.52. The quantitative estimate of drug-likeness (QED) is 0.603. The van der Waals surface area contributed by atoms with Crippen LogP contribution in [0.5, 0.6) is 0 Å². The van der Waals surface area contributed by atoms with E-state index in [0.717, 1.165) is 11.9 Å². The number of sulfone groups is 1. The van der Waals surface area contributed by atoms with Crippen LogP contribution in [0.3, 0.4) is 0 Å². The van der Waals surface area contributed by atoms with Crippen LogP contribution in [-0.4, -0.2) is 39.1 Å². The first-order valence-corrected chi connectivity index (χ1v) is 9.78. The predicted octanol–water partition coefficient (Wildman–Crippen LogP) is 1.11. The van der Waals surface area contributed by atoms with Gasteiger partial charge in [-0.2, -0.15) is 0 Å². The number of amides is 2. The van der Waals surface area contributed by atoms with Gasteiger partial charge in [-0.15, -0.1) is 0 Å². The number of primary amides is 1. The minimum atomic E-state index is -3.21. The van der Waals surface area contributed by atoms with Crippen LogP contribution in [0.4, 0.5) is 5.69 Å². The minimum absolute atomic E-state index is 0.157. The lowest BCUT2D eigenvalue weighted by Gasteiger charge is -2.20. The highest BCUT2D eigenvalue weighted by Gasteiger charge is 2.25. The molecule has 0 saturated carbocycles. The minimum Gasteiger partial charge on any atom is -0.383 e. The van der Waals surface area contributed by atoms with Crippen molar-refractivity contribution in [3.05, 3.63) is 30.7 Å². The molecule has 0 saturated heterocycles. The van der Waals surface area contributed by atoms with Crippen LogP contribution in [0.1, 0.15) is 27.2 Å². The summed E-state index contributed by atoms with van der Waals surface area (Å²) in [6.07, 6.45) is 2.84. The monoisotopic (exact) mass is 368 g/mol. The second-order valence-corrected chi connectivity index (χ2v) is 8.76. The summed E-state index contributed by atoms with van der Waals surface area (Å²) >= 11 is 0. The van der Waals surface area contributed by atoms with E-state index in [1.54, 1.807) is 26.0 Å². The molecule has 1 aromatic carbocycles. The molecule has 0 aliphatic carbocycles. The second kappa shape index (κ2) is 8.33. The third-order valence-corrected chi connectivity index (χ3v) is 4.88. The van der Waals surface area contributed by atoms with E-state index in [4.69, 9.17) is 5.73 Å². The lowest BCUT2D eigenvalue weighted by atomic mass is 9.87. The molecule has 0 unspecified atom stereocenters. The number of benzene rings is 1. The van der Waals surface area contributed by atoms with E-state index in [1.807, 2.05) is 6.92 Å². The van der Waals surface area contributed by atoms with Gasteiger partial charge < -0.3 is 16.4 Å². The topological polar surface area (TPSA) is 118 Å². The van der Waals surface area contributed by atoms with Crippen molar-refractivity contribution in [2.24, 2.45) is 11.1 Å². The summed E-state index contributed by atoms with van der Waals surface area (Å²) in [7, 11) is -3.21. The molecule has 0 aromatic heterocycles. The second-order valence-electron chi connectivity index (χ2n) is 6.74. The molecule has 2 amide bonds. The van der Waals surface area contributed by atoms with E-state index in [1.165, 1.54) is 18.6 Å². The fraction of sp³-hybridized carbons (Fsp3) is 0.471. The van der Waals surface area contributed by atoms with Crippen LogP contribution in [0.15, 0.2) is 29.2 Å². The van der Waals surface area contributed by atoms with Crippen molar-refractivity contribution in [1.82, 2.24) is 5.32 Å². The van der Waals surface area contributed by atoms with Crippen LogP contribution in [0, 0.1) is 11.8 Å². The molecule has 139 valence electrons. The highest BCUT2D eigenvalue weighted by atomic mass is 32.2. The third kappa shape index (κ3) is 7.13. The number of carbonyl (C=O) groups excluding carboxylic acids is 2. The first-order chi connectivity index (χ1) is 11.4. The summed E-state index contributed by atoms with van der Waals surface area (Å²) in [6, 6.07) is 6.25. The molecule has 1 atom stereocenters. The summed E-state index contributed by atoms with van der Waals surface area (Å²) in [5.41, 5.74) is 5.26. The fourth-order valence-electron chi connectivity index (χ4n) is 1.89. The average Bonchev–Trinajstić information content (AvgIpc) is 2.50. The maximum atomic E-state index is 11.9. The van der Waals surface area contributed by atoms with Crippen molar-refractivity contribution in [3.63, 3.8) is 0 Å². The average molecular weight is 368 g/mol. The molecule has 1 radical (unpaired) electrons. The molecule has 0 aliphatic heterocycles. The van der Waals surface area contributed by atoms with Gasteiger partial charge in [-0.05, 0) is 37.6 Å². The maximum absolute atomic E-state index is 11.9. The predicted molar refractivity (Wildman–Crippen MR) is 97.5 cm³/mol. The maximum Gasteiger partial charge on any atom is 0.224 e. The van der Waals surface area contributed by atoms with Crippen molar-refractivity contribution < 1.29 is 18.0 Å². The summed E-state index contributed by atoms with van der Waals surface area (Å²) in [6.45, 7) is 5.67. The molecule has 4 N–H and O–H groups in total. The molecule has 1 rings (SSSR count). The van der Waals surface area contributed by atoms with E-state index in [2.05, 4.69) is 10.6 Å². The van der Waals surface area contributed by atoms with Gasteiger partial charge in [0, 0.05) is 29.9 Å². The summed E-state index contributed by atoms with van der Waals surface area (Å²) in [5, 5.41) is 5.91. The molecular weight excluding hydrogens is 342 g/mol. The lowest BCUT2D eigenvalue weighted by molar-refractivity contribution is -0.126. The molecule has 0 bridgehead atoms. The first kappa shape index (κ1) is 21.0. The van der Waals surface area contributed by atoms with Gasteiger partial charge in [-0.1, -0.05) is 13.8 Å². The van der Waals surface area contributed by atoms with Gasteiger partial charge in [-0.25, -0.2) is 8.42 Å². The Balaban J connectivity index is 2.43. The van der Waals surface area contributed by atoms with Crippen LogP contribution < -0.4 is 16.4 Å². The Labute approximate surface area is 149 Å². The van der Waals surface area contributed by atoms with E-state index < -0.39 is 21.2 Å². The van der Waals surface area contributed by atoms with Crippen molar-refractivity contribution in [2.45, 2.75) is 38.1 Å². The van der Waals surface area contributed by atoms with Gasteiger partial charge in [0.15, 0.2) is 9.84 Å². The molecule has 0 aliphatic rings. The Morgan fingerprint density at radius 2 is 1.80 bits per heavy atom. The van der Waals surface area contributed by atoms with E-state index in [9.17, 15) is 18.0 Å². The number of hydrogen-bond donors (Lipinski definition) is 3. The van der Waals surface area contributed by atoms with Crippen LogP contribution in [0.2, 0.25) is 0 Å². The van der Waals surface area contributed by atoms with Gasteiger partial charge in [0.1, 0.15) is 0 Å². The van der Waals surface area contributed by atoms with Crippen LogP contribution >= 0.6 is 0 Å². The van der Waals surface area contributed by atoms with Crippen molar-refractivity contribution in [1.29, 1.82) is 0 Å². The smallest absolute Gasteiger partial charge is 0.224 e. The molecule has 0 fully saturated rings. The number of carbonyl (C=O) groups is 2. The molecule has 0 heterocycles. The van der Waals surface area contributed by atoms with Gasteiger partial charge in [-0.3, -0.25) is 9.59 Å². The highest BCUT2D eigenvalue weighted by Crippen LogP contribution is 2.20. The molecule has 1 aromatic rings. The molecule has 0 spiro atoms. The van der Waals surface area contributed by atoms with Crippen molar-refractivity contribution in [3.8, 4) is 0 Å². The Hall–Kier alpha value is -2.09. The molecular formula is C17H26N3O4S. The summed E-state index contributed by atoms with van der Waals surface area (Å²) < 4.78 is 22.8. The third-order valence-electron chi connectivity index (χ3n) is 3.75. The zero-order chi connectivity index (χ0) is 19.3. The van der Waals surface area contributed by atoms with Crippen molar-refractivity contribution in [2.75, 3.05) is 18.1 Å². The van der Waals surface area contributed by atoms with E-state index >= 15 is 0 Å². The summed E-state index contributed by atoms with van der Waals surface area (Å²) in [5.74, 6) is -0.722. The van der Waals surface area contributed by atoms with Gasteiger partial charge in [0.2, 0.25) is 11.8 Å². The Morgan fingerprint density at radius 3 is 2.28 bits per heavy atom. The van der Waals surface area contributed by atoms with Gasteiger partial charge in [0.05, 0.1) is 11.3 Å². The standard InChI is InChI=1S/C17H26N3O4S/c1-12(20-15(21)9-10-17(2,3)16(18)22)11-19-13-5-7-14(8-6-13)25(4,23)24/h5-9,12,19H,10-11H2,1-4H3,(H2,18,22)(H,20,21)/t12-/m0/s1. The lowest BCUT2D eigenvalue weighted by Crippen LogP contribution is -2.39. The van der Waals surface area contributed by atoms with Gasteiger partial charge in [0.25, 0.3) is 0 Å². The number of hydrogen-bond acceptors (Lipinski definition) is 5. The number of rotatable bonds is 9. The molecule has 8 heteroatoms. The number of nitrogens with one attached hydrogen (secondary N) is 2. The molecule has 7 nitrogen and oxygen atoms in total. The summed E-state index contributed by atoms with van der Waals surface area (Å²) in [4.78, 5) is 23.4. The first-order valence-electron chi connectivity index (χ1n) is 7.89. The van der Waals surface area contributed by atoms with E-state index in [-0.39, 0.29) is 23.3 Å². The zero-order valence-corrected chi connectivity index (χ0v) is 15.8. The SMILES string of the molecule is C[C@@H](CNc1ccc(S(C)(=O)=O)cc1)NC(=O)[CH]CC(C)(C)C(N)=O. The largest absolute Gasteiger partial charge is 0.383 e. The highest BCUT2D eigenvalue weighted by molar-refractivity contribution is 7.90. The molecule has 25 heavy (non-hydrogen) atoms. The number of nitrogens with two attached hydrogens (primary N) is 1. The Bertz CT molecular complexity index is 712. The number of anilines is 1. The zero-order valence-electron chi connectivity index (χ0n) is 15.0. The Morgan fingerprint density at radius 1 is 1.24 bits per heavy atom. The Kier molecular flexibility index (Phi) is 6.98. The van der Waals surface area contributed by atoms with Crippen LogP contribution in [0.25, 0.3) is 0 Å². The van der Waals surface area contributed by atoms with E-state index in [0.29, 0.717) is 6.54 Å². The van der Waals surface area contributed by atoms with Crippen LogP contribution in [-0.2, 0) is 19.4 Å².